The summed E-state index contributed by atoms with van der Waals surface area (Å²) in [4.78, 5) is 45.8. The standard InChI is InChI=1S/C18H29N2O6P/c1-3-4-5-9-12-16(17(21)22)20-27(24,25)14(2)19-18(23)26-13-15-10-7-6-8-11-15/h6-8,10-11,14,16H,3-5,9,12-13H2,1-2H3,(H,19,23)(H,21,22)(H2,20,24,25). The van der Waals surface area contributed by atoms with Gasteiger partial charge in [0.1, 0.15) is 12.6 Å². The molecule has 152 valence electrons. The van der Waals surface area contributed by atoms with Gasteiger partial charge < -0.3 is 14.7 Å². The van der Waals surface area contributed by atoms with Crippen LogP contribution in [-0.2, 0) is 16.1 Å². The van der Waals surface area contributed by atoms with E-state index in [0.29, 0.717) is 6.42 Å². The average molecular weight is 400 g/mol. The van der Waals surface area contributed by atoms with Gasteiger partial charge in [-0.2, -0.15) is 5.09 Å². The molecule has 3 unspecified atom stereocenters. The predicted octanol–water partition coefficient (Wildman–Crippen LogP) is 2.39. The lowest BCUT2D eigenvalue weighted by atomic mass is 10.1. The van der Waals surface area contributed by atoms with E-state index in [9.17, 15) is 24.5 Å². The fourth-order valence-electron chi connectivity index (χ4n) is 2.38. The topological polar surface area (TPSA) is 131 Å². The van der Waals surface area contributed by atoms with Crippen LogP contribution < -0.4 is 15.3 Å². The Labute approximate surface area is 160 Å². The van der Waals surface area contributed by atoms with Crippen LogP contribution in [0.15, 0.2) is 30.3 Å². The number of hydrogen-bond donors (Lipinski definition) is 4. The van der Waals surface area contributed by atoms with Gasteiger partial charge in [0.15, 0.2) is 13.7 Å². The lowest BCUT2D eigenvalue weighted by molar-refractivity contribution is -0.195. The largest absolute Gasteiger partial charge is 0.640 e. The van der Waals surface area contributed by atoms with Crippen LogP contribution in [0, 0.1) is 0 Å². The molecule has 1 aromatic rings. The molecule has 8 nitrogen and oxygen atoms in total. The Balaban J connectivity index is 2.50. The third-order valence-corrected chi connectivity index (χ3v) is 5.91. The molecule has 0 bridgehead atoms. The number of ether oxygens (including phenoxy) is 1. The van der Waals surface area contributed by atoms with Crippen molar-refractivity contribution in [3.05, 3.63) is 35.9 Å². The Hall–Kier alpha value is -1.73. The zero-order valence-electron chi connectivity index (χ0n) is 15.8. The Morgan fingerprint density at radius 3 is 2.48 bits per heavy atom. The summed E-state index contributed by atoms with van der Waals surface area (Å²) >= 11 is 0. The minimum atomic E-state index is -4.14. The molecule has 0 fully saturated rings. The van der Waals surface area contributed by atoms with E-state index in [2.05, 4.69) is 10.4 Å². The van der Waals surface area contributed by atoms with E-state index >= 15 is 0 Å². The fraction of sp³-hybridized carbons (Fsp3) is 0.556. The predicted molar refractivity (Wildman–Crippen MR) is 102 cm³/mol. The lowest BCUT2D eigenvalue weighted by Crippen LogP contribution is -2.48. The van der Waals surface area contributed by atoms with Crippen LogP contribution in [0.4, 0.5) is 4.79 Å². The molecule has 0 aliphatic rings. The van der Waals surface area contributed by atoms with E-state index in [0.717, 1.165) is 24.8 Å². The summed E-state index contributed by atoms with van der Waals surface area (Å²) < 4.78 is 5.01. The van der Waals surface area contributed by atoms with Crippen LogP contribution in [0.2, 0.25) is 0 Å². The minimum Gasteiger partial charge on any atom is -0.640 e. The summed E-state index contributed by atoms with van der Waals surface area (Å²) in [6, 6.07) is 7.86. The molecule has 0 saturated heterocycles. The molecule has 0 aliphatic carbocycles. The van der Waals surface area contributed by atoms with Crippen molar-refractivity contribution >= 4 is 19.9 Å². The van der Waals surface area contributed by atoms with Crippen molar-refractivity contribution in [2.45, 2.75) is 64.4 Å². The van der Waals surface area contributed by atoms with Crippen molar-refractivity contribution in [3.63, 3.8) is 0 Å². The molecule has 27 heavy (non-hydrogen) atoms. The Kier molecular flexibility index (Phi) is 10.3. The second-order valence-corrected chi connectivity index (χ2v) is 8.65. The van der Waals surface area contributed by atoms with E-state index in [4.69, 9.17) is 4.74 Å². The molecule has 0 aromatic heterocycles. The third kappa shape index (κ3) is 9.15. The molecule has 9 heteroatoms. The summed E-state index contributed by atoms with van der Waals surface area (Å²) in [5.74, 6) is -2.39. The molecule has 1 amide bonds. The van der Waals surface area contributed by atoms with Crippen LogP contribution in [0.5, 0.6) is 0 Å². The van der Waals surface area contributed by atoms with E-state index in [1.807, 2.05) is 13.0 Å². The number of nitrogens with one attached hydrogen (secondary N) is 2. The summed E-state index contributed by atoms with van der Waals surface area (Å²) in [5, 5.41) is 13.8. The molecule has 1 aromatic carbocycles. The monoisotopic (exact) mass is 400 g/mol. The van der Waals surface area contributed by atoms with E-state index in [1.54, 1.807) is 24.3 Å². The van der Waals surface area contributed by atoms with Crippen LogP contribution in [-0.4, -0.2) is 33.9 Å². The number of amides is 1. The highest BCUT2D eigenvalue weighted by Crippen LogP contribution is 2.45. The summed E-state index contributed by atoms with van der Waals surface area (Å²) in [6.07, 6.45) is 2.88. The second kappa shape index (κ2) is 11.9. The van der Waals surface area contributed by atoms with Crippen molar-refractivity contribution in [1.82, 2.24) is 10.4 Å². The van der Waals surface area contributed by atoms with Gasteiger partial charge in [-0.15, -0.1) is 0 Å². The molecule has 0 aliphatic heterocycles. The van der Waals surface area contributed by atoms with Gasteiger partial charge in [-0.25, -0.2) is 9.69 Å². The van der Waals surface area contributed by atoms with Gasteiger partial charge in [-0.1, -0.05) is 62.9 Å². The Morgan fingerprint density at radius 1 is 1.22 bits per heavy atom. The van der Waals surface area contributed by atoms with Crippen LogP contribution in [0.25, 0.3) is 0 Å². The van der Waals surface area contributed by atoms with Crippen molar-refractivity contribution in [3.8, 4) is 0 Å². The number of aliphatic carboxylic acids is 1. The van der Waals surface area contributed by atoms with Crippen molar-refractivity contribution in [2.75, 3.05) is 0 Å². The zero-order valence-corrected chi connectivity index (χ0v) is 16.7. The van der Waals surface area contributed by atoms with Crippen LogP contribution >= 0.6 is 7.87 Å². The van der Waals surface area contributed by atoms with Gasteiger partial charge in [-0.05, 0) is 18.9 Å². The number of unbranched alkanes of at least 4 members (excludes halogenated alkanes) is 3. The molecule has 1 rings (SSSR count). The first kappa shape index (κ1) is 23.3. The van der Waals surface area contributed by atoms with Crippen molar-refractivity contribution in [1.29, 1.82) is 0 Å². The van der Waals surface area contributed by atoms with E-state index in [1.165, 1.54) is 6.92 Å². The first-order valence-corrected chi connectivity index (χ1v) is 10.8. The number of carboxylic acids is 1. The molecular formula is C18H29N2O6P. The molecule has 0 spiro atoms. The molecule has 0 heterocycles. The average Bonchev–Trinajstić information content (AvgIpc) is 2.63. The van der Waals surface area contributed by atoms with Gasteiger partial charge in [0, 0.05) is 0 Å². The molecule has 0 saturated carbocycles. The zero-order chi connectivity index (χ0) is 20.3. The molecule has 0 radical (unpaired) electrons. The maximum atomic E-state index is 12.4. The molecule has 3 atom stereocenters. The van der Waals surface area contributed by atoms with Gasteiger partial charge in [0.25, 0.3) is 0 Å². The van der Waals surface area contributed by atoms with Gasteiger partial charge in [0.2, 0.25) is 0 Å². The maximum absolute atomic E-state index is 12.4. The highest BCUT2D eigenvalue weighted by Gasteiger charge is 2.38. The number of benzene rings is 1. The SMILES string of the molecule is CCCCCCC(N[P+]([O-])(O)C(C)NC(=O)OCc1ccccc1)C(=O)O. The summed E-state index contributed by atoms with van der Waals surface area (Å²) in [5.41, 5.74) is 0.781. The number of carbonyl (C=O) groups excluding carboxylic acids is 1. The number of carboxylic acid groups (broad SMARTS) is 1. The highest BCUT2D eigenvalue weighted by molar-refractivity contribution is 7.61. The first-order chi connectivity index (χ1) is 12.8. The van der Waals surface area contributed by atoms with Crippen LogP contribution in [0.3, 0.4) is 0 Å². The summed E-state index contributed by atoms with van der Waals surface area (Å²) in [6.45, 7) is 3.39. The normalized spacial score (nSPS) is 15.4. The number of hydrogen-bond acceptors (Lipinski definition) is 6. The van der Waals surface area contributed by atoms with Crippen molar-refractivity contribution in [2.24, 2.45) is 0 Å². The smallest absolute Gasteiger partial charge is 0.410 e. The van der Waals surface area contributed by atoms with Crippen LogP contribution in [0.1, 0.15) is 51.5 Å². The first-order valence-electron chi connectivity index (χ1n) is 9.06. The second-order valence-electron chi connectivity index (χ2n) is 6.37. The van der Waals surface area contributed by atoms with Crippen molar-refractivity contribution < 1.29 is 29.2 Å². The lowest BCUT2D eigenvalue weighted by Gasteiger charge is -2.32. The molecular weight excluding hydrogens is 371 g/mol. The van der Waals surface area contributed by atoms with Gasteiger partial charge in [-0.3, -0.25) is 10.1 Å². The van der Waals surface area contributed by atoms with E-state index in [-0.39, 0.29) is 13.0 Å². The Bertz CT molecular complexity index is 584. The van der Waals surface area contributed by atoms with E-state index < -0.39 is 31.8 Å². The molecule has 4 N–H and O–H groups in total. The third-order valence-electron chi connectivity index (χ3n) is 4.05. The Morgan fingerprint density at radius 2 is 1.89 bits per heavy atom. The highest BCUT2D eigenvalue weighted by atomic mass is 31.2. The minimum absolute atomic E-state index is 0.0255. The van der Waals surface area contributed by atoms with Gasteiger partial charge >= 0.3 is 12.1 Å². The fourth-order valence-corrected chi connectivity index (χ4v) is 3.57. The quantitative estimate of drug-likeness (QED) is 0.313. The maximum Gasteiger partial charge on any atom is 0.410 e. The number of rotatable bonds is 12. The number of alkyl carbamates (subject to hydrolysis) is 1. The number of carbonyl (C=O) groups is 2. The summed E-state index contributed by atoms with van der Waals surface area (Å²) in [7, 11) is -4.14. The van der Waals surface area contributed by atoms with Gasteiger partial charge in [0.05, 0.1) is 0 Å².